The number of H-pyrrole nitrogens is 1. The van der Waals surface area contributed by atoms with Gasteiger partial charge in [0, 0.05) is 146 Å². The Morgan fingerprint density at radius 1 is 0.696 bits per heavy atom. The minimum Gasteiger partial charge on any atom is -0.481 e. The summed E-state index contributed by atoms with van der Waals surface area (Å²) in [5.41, 5.74) is 7.16. The van der Waals surface area contributed by atoms with E-state index in [-0.39, 0.29) is 60.1 Å². The highest BCUT2D eigenvalue weighted by Crippen LogP contribution is 2.40. The molecular weight excluding hydrogens is 1180 g/mol. The zero-order valence-electron chi connectivity index (χ0n) is 53.9. The summed E-state index contributed by atoms with van der Waals surface area (Å²) in [5.74, 6) is 1.83. The number of hydrogen-bond donors (Lipinski definition) is 4. The van der Waals surface area contributed by atoms with E-state index in [1.54, 1.807) is 30.1 Å². The molecule has 4 amide bonds. The van der Waals surface area contributed by atoms with Crippen LogP contribution in [0.15, 0.2) is 97.3 Å². The van der Waals surface area contributed by atoms with Crippen LogP contribution >= 0.6 is 11.6 Å². The van der Waals surface area contributed by atoms with E-state index in [1.165, 1.54) is 29.9 Å². The number of likely N-dealkylation sites (tertiary alicyclic amines) is 1. The maximum Gasteiger partial charge on any atom is 0.272 e. The van der Waals surface area contributed by atoms with E-state index in [0.717, 1.165) is 135 Å². The van der Waals surface area contributed by atoms with Gasteiger partial charge in [-0.2, -0.15) is 10.2 Å². The number of imidazole rings is 1. The van der Waals surface area contributed by atoms with Crippen molar-refractivity contribution in [2.45, 2.75) is 126 Å². The van der Waals surface area contributed by atoms with Crippen molar-refractivity contribution in [3.05, 3.63) is 136 Å². The number of likely N-dealkylation sites (N-methyl/N-ethyl adjacent to an activating group) is 3. The monoisotopic (exact) mass is 1270 g/mol. The number of aryl methyl sites for hydroxylation is 3. The van der Waals surface area contributed by atoms with Crippen molar-refractivity contribution in [3.63, 3.8) is 0 Å². The van der Waals surface area contributed by atoms with E-state index >= 15 is 0 Å². The molecule has 8 aromatic rings. The number of ketones is 1. The summed E-state index contributed by atoms with van der Waals surface area (Å²) >= 11 is 6.16. The van der Waals surface area contributed by atoms with E-state index in [2.05, 4.69) is 105 Å². The predicted octanol–water partition coefficient (Wildman–Crippen LogP) is 8.04. The van der Waals surface area contributed by atoms with E-state index in [1.807, 2.05) is 80.8 Å². The van der Waals surface area contributed by atoms with Gasteiger partial charge in [0.1, 0.15) is 5.82 Å². The summed E-state index contributed by atoms with van der Waals surface area (Å²) in [4.78, 5) is 78.6. The Hall–Kier alpha value is -7.95. The molecule has 4 aromatic heterocycles. The molecule has 7 fully saturated rings. The predicted molar refractivity (Wildman–Crippen MR) is 357 cm³/mol. The number of halogens is 1. The van der Waals surface area contributed by atoms with Gasteiger partial charge < -0.3 is 49.4 Å². The molecule has 4 N–H and O–H groups in total. The number of Topliss-reactive ketones (excluding diaryl/α,β-unsaturated/α-hetero) is 1. The Morgan fingerprint density at radius 2 is 1.33 bits per heavy atom. The van der Waals surface area contributed by atoms with Gasteiger partial charge in [0.2, 0.25) is 0 Å². The summed E-state index contributed by atoms with van der Waals surface area (Å²) in [6.07, 6.45) is 15.9. The largest absolute Gasteiger partial charge is 0.481 e. The number of carbonyl (C=O) groups is 5. The second kappa shape index (κ2) is 26.6. The molecule has 17 rings (SSSR count). The van der Waals surface area contributed by atoms with Gasteiger partial charge >= 0.3 is 0 Å². The van der Waals surface area contributed by atoms with Gasteiger partial charge in [-0.1, -0.05) is 72.6 Å². The maximum absolute atomic E-state index is 13.0. The number of nitrogens with one attached hydrogen (secondary N) is 4. The van der Waals surface area contributed by atoms with Crippen LogP contribution in [0, 0.1) is 18.8 Å². The quantitative estimate of drug-likeness (QED) is 0.114. The van der Waals surface area contributed by atoms with Crippen molar-refractivity contribution in [1.29, 1.82) is 0 Å². The first-order chi connectivity index (χ1) is 44.4. The average Bonchev–Trinajstić information content (AvgIpc) is 1.39. The Morgan fingerprint density at radius 3 is 2.00 bits per heavy atom. The van der Waals surface area contributed by atoms with Gasteiger partial charge in [-0.15, -0.1) is 0 Å². The molecule has 9 aliphatic rings. The minimum atomic E-state index is -0.185. The molecule has 21 nitrogen and oxygen atoms in total. The van der Waals surface area contributed by atoms with Crippen molar-refractivity contribution in [1.82, 2.24) is 69.6 Å². The van der Waals surface area contributed by atoms with E-state index < -0.39 is 0 Å². The topological polar surface area (TPSA) is 216 Å². The van der Waals surface area contributed by atoms with Crippen LogP contribution in [0.3, 0.4) is 0 Å². The minimum absolute atomic E-state index is 0.0329. The summed E-state index contributed by atoms with van der Waals surface area (Å²) in [6, 6.07) is 30.1. The van der Waals surface area contributed by atoms with Crippen molar-refractivity contribution in [3.8, 4) is 5.75 Å². The number of para-hydroxylation sites is 3. The van der Waals surface area contributed by atoms with Gasteiger partial charge in [-0.25, -0.2) is 4.98 Å². The number of amides is 4. The third kappa shape index (κ3) is 12.7. The molecule has 8 aliphatic heterocycles. The van der Waals surface area contributed by atoms with Crippen molar-refractivity contribution in [2.75, 3.05) is 72.4 Å². The van der Waals surface area contributed by atoms with Crippen LogP contribution in [-0.4, -0.2) is 193 Å². The molecular formula is C70H86ClN15O6. The average molecular weight is 1270 g/mol. The summed E-state index contributed by atoms with van der Waals surface area (Å²) in [6.45, 7) is 7.95. The lowest BCUT2D eigenvalue weighted by Crippen LogP contribution is -2.63. The highest BCUT2D eigenvalue weighted by Gasteiger charge is 2.41. The van der Waals surface area contributed by atoms with Crippen LogP contribution < -0.4 is 25.6 Å². The number of ether oxygens (including phenoxy) is 1. The fourth-order valence-corrected chi connectivity index (χ4v) is 16.2. The normalized spacial score (nSPS) is 25.9. The number of aromatic nitrogens is 7. The molecule has 92 heavy (non-hydrogen) atoms. The van der Waals surface area contributed by atoms with Crippen molar-refractivity contribution in [2.24, 2.45) is 25.9 Å². The third-order valence-corrected chi connectivity index (χ3v) is 21.4. The molecule has 6 bridgehead atoms. The Bertz CT molecular complexity index is 4040. The zero-order valence-corrected chi connectivity index (χ0v) is 54.7. The summed E-state index contributed by atoms with van der Waals surface area (Å²) in [7, 11) is 12.2. The number of rotatable bonds is 8. The van der Waals surface area contributed by atoms with Crippen LogP contribution in [0.5, 0.6) is 5.75 Å². The van der Waals surface area contributed by atoms with Gasteiger partial charge in [-0.05, 0) is 142 Å². The summed E-state index contributed by atoms with van der Waals surface area (Å²) in [5, 5.41) is 24.5. The highest BCUT2D eigenvalue weighted by molar-refractivity contribution is 6.31. The molecule has 2 unspecified atom stereocenters. The number of fused-ring (bicyclic) bond motifs is 13. The number of benzene rings is 4. The lowest BCUT2D eigenvalue weighted by molar-refractivity contribution is -0.121. The lowest BCUT2D eigenvalue weighted by atomic mass is 9.82. The second-order valence-corrected chi connectivity index (χ2v) is 27.3. The van der Waals surface area contributed by atoms with Gasteiger partial charge in [-0.3, -0.25) is 38.7 Å². The van der Waals surface area contributed by atoms with Crippen molar-refractivity contribution >= 4 is 79.4 Å². The smallest absolute Gasteiger partial charge is 0.272 e. The van der Waals surface area contributed by atoms with Crippen molar-refractivity contribution < 1.29 is 28.7 Å². The third-order valence-electron chi connectivity index (χ3n) is 21.2. The first kappa shape index (κ1) is 62.8. The van der Waals surface area contributed by atoms with Crippen LogP contribution in [-0.2, 0) is 31.9 Å². The van der Waals surface area contributed by atoms with E-state index in [4.69, 9.17) is 16.3 Å². The standard InChI is InChI=1S/C18H24N4O.C18H19N3O.C17H20ClN3O3.C17H23N5O/c1-21-13-6-5-7-14(21)11-12(10-13)19-18(23)17-15-8-3-4-9-16(15)22(2)20-17;1-12-19-9-10-21(12)11-13-7-8-16-17(18(13)22)14-5-3-4-6-15(14)20(16)2;1-20-14-7-11(18)6-12(16(14)24-9-15(20)22)17(23)19-13-8-21-4-2-10(13)3-5-21;1-21-9-12-7-11(8-13(10-21)22(12)2)18-17(23)16-14-5-3-4-6-15(14)19-20-16/h3-4,8-9,12-14H,5-7,10-11H2,1-2H3,(H,19,23);3-6,9-10,13H,7-8,11H2,1-2H3;6-7,10,13H,2-5,8-9H2,1H3,(H,19,23);3-6,11-13H,7-10H2,1-2H3,(H,18,23)(H,19,20)/t12-,13+,14-;;;11-,12-,13+. The summed E-state index contributed by atoms with van der Waals surface area (Å²) < 4.78 is 11.6. The first-order valence-electron chi connectivity index (χ1n) is 32.9. The van der Waals surface area contributed by atoms with E-state index in [9.17, 15) is 24.0 Å². The first-order valence-corrected chi connectivity index (χ1v) is 33.3. The van der Waals surface area contributed by atoms with Crippen LogP contribution in [0.2, 0.25) is 5.02 Å². The lowest BCUT2D eigenvalue weighted by Gasteiger charge is -2.50. The number of aromatic amines is 1. The van der Waals surface area contributed by atoms with E-state index in [0.29, 0.717) is 63.5 Å². The Labute approximate surface area is 542 Å². The Kier molecular flexibility index (Phi) is 18.2. The van der Waals surface area contributed by atoms with Gasteiger partial charge in [0.05, 0.1) is 22.3 Å². The molecule has 22 heteroatoms. The molecule has 8 atom stereocenters. The Balaban J connectivity index is 0.000000112. The molecule has 0 spiro atoms. The molecule has 1 aliphatic carbocycles. The second-order valence-electron chi connectivity index (χ2n) is 26.9. The number of carbonyl (C=O) groups excluding carboxylic acids is 5. The van der Waals surface area contributed by atoms with Gasteiger partial charge in [0.15, 0.2) is 29.5 Å². The zero-order chi connectivity index (χ0) is 64.1. The fourth-order valence-electron chi connectivity index (χ4n) is 16.0. The van der Waals surface area contributed by atoms with Gasteiger partial charge in [0.25, 0.3) is 23.6 Å². The molecule has 12 heterocycles. The molecule has 0 radical (unpaired) electrons. The molecule has 0 saturated carbocycles. The molecule has 4 aromatic carbocycles. The number of anilines is 1. The molecule has 7 saturated heterocycles. The number of piperidine rings is 6. The number of nitrogens with zero attached hydrogens (tertiary/aromatic N) is 11. The highest BCUT2D eigenvalue weighted by atomic mass is 35.5. The SMILES string of the molecule is CN1C(=O)COc2c(C(=O)NC3CN4CCC3CC4)cc(Cl)cc21.CN1C[C@H]2C[C@@H](NC(=O)c3n[nH]c4ccccc34)C[C@@H](C1)N2C.CN1[C@@H]2CCC[C@H]1C[C@@H](NC(=O)c1nn(C)c3ccccc13)C2.Cc1nccn1CC1CCc2c(c3ccccc3n2C)C1=O. The van der Waals surface area contributed by atoms with Crippen LogP contribution in [0.25, 0.3) is 32.7 Å². The molecule has 484 valence electrons. The maximum atomic E-state index is 13.0. The number of hydrogen-bond acceptors (Lipinski definition) is 13. The number of piperazine rings is 1. The van der Waals surface area contributed by atoms with Crippen LogP contribution in [0.4, 0.5) is 5.69 Å². The fraction of sp³-hybridized carbons (Fsp3) is 0.486. The van der Waals surface area contributed by atoms with Crippen LogP contribution in [0.1, 0.15) is 117 Å².